The van der Waals surface area contributed by atoms with E-state index in [1.165, 1.54) is 19.2 Å². The summed E-state index contributed by atoms with van der Waals surface area (Å²) in [6.07, 6.45) is 0. The number of esters is 1. The third-order valence-electron chi connectivity index (χ3n) is 8.68. The summed E-state index contributed by atoms with van der Waals surface area (Å²) >= 11 is 0. The number of hydrogen-bond donors (Lipinski definition) is 1. The molecule has 0 aliphatic rings. The number of aliphatic hydroxyl groups excluding tert-OH is 1. The Bertz CT molecular complexity index is 1630. The summed E-state index contributed by atoms with van der Waals surface area (Å²) in [5.74, 6) is 1.39. The van der Waals surface area contributed by atoms with Crippen LogP contribution in [0.2, 0.25) is 0 Å². The van der Waals surface area contributed by atoms with Crippen LogP contribution in [0.1, 0.15) is 80.4 Å². The van der Waals surface area contributed by atoms with Gasteiger partial charge in [0, 0.05) is 11.1 Å². The van der Waals surface area contributed by atoms with Crippen LogP contribution in [0.25, 0.3) is 22.3 Å². The molecule has 0 fully saturated rings. The van der Waals surface area contributed by atoms with Crippen LogP contribution in [-0.4, -0.2) is 32.4 Å². The molecule has 0 saturated heterocycles. The lowest BCUT2D eigenvalue weighted by molar-refractivity contribution is 0.0600. The van der Waals surface area contributed by atoms with Crippen LogP contribution >= 0.6 is 0 Å². The molecule has 4 aromatic carbocycles. The fourth-order valence-electron chi connectivity index (χ4n) is 5.16. The van der Waals surface area contributed by atoms with Crippen molar-refractivity contribution < 1.29 is 32.9 Å². The zero-order valence-electron chi connectivity index (χ0n) is 28.3. The molecule has 46 heavy (non-hydrogen) atoms. The normalized spacial score (nSPS) is 12.3. The Morgan fingerprint density at radius 3 is 1.50 bits per heavy atom. The van der Waals surface area contributed by atoms with E-state index in [0.29, 0.717) is 40.0 Å². The number of rotatable bonds is 10. The minimum absolute atomic E-state index is 0.0152. The van der Waals surface area contributed by atoms with Crippen molar-refractivity contribution in [1.82, 2.24) is 0 Å². The van der Waals surface area contributed by atoms with E-state index >= 15 is 0 Å². The summed E-state index contributed by atoms with van der Waals surface area (Å²) < 4.78 is 44.0. The van der Waals surface area contributed by atoms with Crippen LogP contribution in [0.3, 0.4) is 0 Å². The lowest BCUT2D eigenvalue weighted by Crippen LogP contribution is -2.08. The molecular weight excluding hydrogens is 586 g/mol. The number of aliphatic hydroxyl groups is 1. The van der Waals surface area contributed by atoms with E-state index in [1.54, 1.807) is 56.7 Å². The summed E-state index contributed by atoms with van der Waals surface area (Å²) in [5.41, 5.74) is 5.89. The number of carbonyl (C=O) groups is 1. The summed E-state index contributed by atoms with van der Waals surface area (Å²) in [6.45, 7) is 12.7. The Kier molecular flexibility index (Phi) is 12.9. The van der Waals surface area contributed by atoms with E-state index in [-0.39, 0.29) is 30.1 Å². The fourth-order valence-corrected chi connectivity index (χ4v) is 5.16. The highest BCUT2D eigenvalue weighted by atomic mass is 19.1. The second-order valence-corrected chi connectivity index (χ2v) is 12.1. The highest BCUT2D eigenvalue weighted by Gasteiger charge is 2.21. The standard InChI is InChI=1S/C20H23FO3.C19H23FO2/c1-12(2)13(3)17-10-14(20(22)24-5)6-8-16(17)18-11-15(23-4)7-9-19(18)21;1-12(2)13(3)17-9-14(11-21)5-7-16(17)18-10-15(22-4)6-8-19(18)20/h6-13H,1-5H3;5-10,12-13,21H,11H2,1-4H3. The van der Waals surface area contributed by atoms with E-state index in [9.17, 15) is 18.7 Å². The van der Waals surface area contributed by atoms with E-state index in [1.807, 2.05) is 18.2 Å². The van der Waals surface area contributed by atoms with Crippen LogP contribution in [0, 0.1) is 23.5 Å². The molecule has 7 heteroatoms. The van der Waals surface area contributed by atoms with Gasteiger partial charge < -0.3 is 19.3 Å². The first-order valence-electron chi connectivity index (χ1n) is 15.5. The summed E-state index contributed by atoms with van der Waals surface area (Å²) in [7, 11) is 4.47. The van der Waals surface area contributed by atoms with Gasteiger partial charge in [0.15, 0.2) is 0 Å². The number of benzene rings is 4. The van der Waals surface area contributed by atoms with Gasteiger partial charge in [-0.15, -0.1) is 0 Å². The lowest BCUT2D eigenvalue weighted by atomic mass is 9.84. The molecule has 0 saturated carbocycles. The SMILES string of the molecule is COC(=O)c1ccc(-c2cc(OC)ccc2F)c(C(C)C(C)C)c1.COc1ccc(F)c(-c2ccc(CO)cc2C(C)C(C)C)c1. The zero-order chi connectivity index (χ0) is 34.1. The average Bonchev–Trinajstić information content (AvgIpc) is 3.07. The van der Waals surface area contributed by atoms with Gasteiger partial charge in [0.05, 0.1) is 33.5 Å². The molecule has 1 N–H and O–H groups in total. The molecule has 0 aliphatic carbocycles. The molecule has 4 aromatic rings. The van der Waals surface area contributed by atoms with Gasteiger partial charge in [-0.05, 0) is 100 Å². The van der Waals surface area contributed by atoms with Gasteiger partial charge in [-0.1, -0.05) is 65.8 Å². The van der Waals surface area contributed by atoms with Crippen LogP contribution in [0.4, 0.5) is 8.78 Å². The van der Waals surface area contributed by atoms with E-state index in [4.69, 9.17) is 14.2 Å². The first kappa shape index (κ1) is 36.2. The van der Waals surface area contributed by atoms with Crippen LogP contribution < -0.4 is 9.47 Å². The molecule has 0 heterocycles. The van der Waals surface area contributed by atoms with Crippen molar-refractivity contribution in [2.45, 2.75) is 60.0 Å². The predicted molar refractivity (Wildman–Crippen MR) is 181 cm³/mol. The number of hydrogen-bond acceptors (Lipinski definition) is 5. The summed E-state index contributed by atoms with van der Waals surface area (Å²) in [5, 5.41) is 9.39. The van der Waals surface area contributed by atoms with Gasteiger partial charge in [0.1, 0.15) is 23.1 Å². The Morgan fingerprint density at radius 2 is 1.09 bits per heavy atom. The molecule has 5 nitrogen and oxygen atoms in total. The van der Waals surface area contributed by atoms with Crippen LogP contribution in [0.15, 0.2) is 72.8 Å². The first-order chi connectivity index (χ1) is 21.9. The highest BCUT2D eigenvalue weighted by Crippen LogP contribution is 2.38. The van der Waals surface area contributed by atoms with E-state index in [0.717, 1.165) is 27.8 Å². The minimum atomic E-state index is -0.398. The molecule has 0 spiro atoms. The Morgan fingerprint density at radius 1 is 0.630 bits per heavy atom. The first-order valence-corrected chi connectivity index (χ1v) is 15.5. The van der Waals surface area contributed by atoms with Gasteiger partial charge in [0.2, 0.25) is 0 Å². The van der Waals surface area contributed by atoms with Crippen LogP contribution in [0.5, 0.6) is 11.5 Å². The molecule has 0 aliphatic heterocycles. The maximum absolute atomic E-state index is 14.4. The topological polar surface area (TPSA) is 65.0 Å². The molecular formula is C39H46F2O5. The Balaban J connectivity index is 0.000000251. The van der Waals surface area contributed by atoms with E-state index < -0.39 is 5.97 Å². The largest absolute Gasteiger partial charge is 0.497 e. The molecule has 0 bridgehead atoms. The molecule has 4 rings (SSSR count). The fraction of sp³-hybridized carbons (Fsp3) is 0.359. The quantitative estimate of drug-likeness (QED) is 0.176. The van der Waals surface area contributed by atoms with Crippen molar-refractivity contribution in [3.8, 4) is 33.8 Å². The van der Waals surface area contributed by atoms with Gasteiger partial charge >= 0.3 is 5.97 Å². The molecule has 2 unspecified atom stereocenters. The number of halogens is 2. The van der Waals surface area contributed by atoms with Gasteiger partial charge in [-0.2, -0.15) is 0 Å². The van der Waals surface area contributed by atoms with Crippen molar-refractivity contribution in [2.75, 3.05) is 21.3 Å². The minimum Gasteiger partial charge on any atom is -0.497 e. The van der Waals surface area contributed by atoms with Crippen molar-refractivity contribution in [2.24, 2.45) is 11.8 Å². The lowest BCUT2D eigenvalue weighted by Gasteiger charge is -2.21. The molecule has 0 radical (unpaired) electrons. The van der Waals surface area contributed by atoms with Gasteiger partial charge in [0.25, 0.3) is 0 Å². The predicted octanol–water partition coefficient (Wildman–Crippen LogP) is 9.80. The van der Waals surface area contributed by atoms with Crippen molar-refractivity contribution in [1.29, 1.82) is 0 Å². The summed E-state index contributed by atoms with van der Waals surface area (Å²) in [6, 6.07) is 20.4. The molecule has 2 atom stereocenters. The third kappa shape index (κ3) is 8.52. The van der Waals surface area contributed by atoms with Gasteiger partial charge in [-0.3, -0.25) is 0 Å². The number of methoxy groups -OCH3 is 3. The van der Waals surface area contributed by atoms with Crippen molar-refractivity contribution >= 4 is 5.97 Å². The average molecular weight is 633 g/mol. The highest BCUT2D eigenvalue weighted by molar-refractivity contribution is 5.90. The maximum Gasteiger partial charge on any atom is 0.337 e. The van der Waals surface area contributed by atoms with Crippen molar-refractivity contribution in [3.63, 3.8) is 0 Å². The Hall–Kier alpha value is -4.23. The third-order valence-corrected chi connectivity index (χ3v) is 8.68. The molecule has 0 aromatic heterocycles. The van der Waals surface area contributed by atoms with Gasteiger partial charge in [-0.25, -0.2) is 13.6 Å². The Labute approximate surface area is 272 Å². The number of carbonyl (C=O) groups excluding carboxylic acids is 1. The number of ether oxygens (including phenoxy) is 3. The molecule has 0 amide bonds. The second-order valence-electron chi connectivity index (χ2n) is 12.1. The zero-order valence-corrected chi connectivity index (χ0v) is 28.3. The molecule has 246 valence electrons. The van der Waals surface area contributed by atoms with E-state index in [2.05, 4.69) is 41.5 Å². The van der Waals surface area contributed by atoms with Crippen LogP contribution in [-0.2, 0) is 11.3 Å². The van der Waals surface area contributed by atoms with Crippen molar-refractivity contribution in [3.05, 3.63) is 107 Å². The smallest absolute Gasteiger partial charge is 0.337 e. The maximum atomic E-state index is 14.4. The second kappa shape index (κ2) is 16.4. The summed E-state index contributed by atoms with van der Waals surface area (Å²) in [4.78, 5) is 11.9. The monoisotopic (exact) mass is 632 g/mol.